The number of nitrogens with zero attached hydrogens (tertiary/aromatic N) is 2. The second-order valence-corrected chi connectivity index (χ2v) is 7.43. The molecule has 4 heterocycles. The Morgan fingerprint density at radius 2 is 1.93 bits per heavy atom. The molecular weight excluding hydrogens is 424 g/mol. The molecule has 0 spiro atoms. The van der Waals surface area contributed by atoms with E-state index in [1.807, 2.05) is 0 Å². The number of halogens is 1. The van der Waals surface area contributed by atoms with Gasteiger partial charge < -0.3 is 13.7 Å². The van der Waals surface area contributed by atoms with Crippen molar-refractivity contribution in [3.8, 4) is 0 Å². The first-order valence-electron chi connectivity index (χ1n) is 8.63. The van der Waals surface area contributed by atoms with Crippen molar-refractivity contribution in [2.24, 2.45) is 0 Å². The van der Waals surface area contributed by atoms with Crippen LogP contribution in [0.1, 0.15) is 33.5 Å². The second-order valence-electron chi connectivity index (χ2n) is 6.51. The fourth-order valence-electron chi connectivity index (χ4n) is 3.62. The van der Waals surface area contributed by atoms with Crippen molar-refractivity contribution in [1.29, 1.82) is 0 Å². The monoisotopic (exact) mass is 436 g/mol. The molecule has 0 saturated carbocycles. The van der Waals surface area contributed by atoms with Crippen molar-refractivity contribution in [3.05, 3.63) is 98.5 Å². The van der Waals surface area contributed by atoms with Crippen LogP contribution in [0.15, 0.2) is 79.2 Å². The van der Waals surface area contributed by atoms with Crippen LogP contribution in [0, 0.1) is 0 Å². The third kappa shape index (κ3) is 2.58. The lowest BCUT2D eigenvalue weighted by molar-refractivity contribution is 0.0701. The van der Waals surface area contributed by atoms with Crippen molar-refractivity contribution >= 4 is 32.8 Å². The minimum Gasteiger partial charge on any atom is -0.467 e. The molecule has 0 bridgehead atoms. The third-order valence-corrected chi connectivity index (χ3v) is 5.35. The van der Waals surface area contributed by atoms with Gasteiger partial charge in [-0.15, -0.1) is 0 Å². The summed E-state index contributed by atoms with van der Waals surface area (Å²) in [5.41, 5.74) is 1.30. The lowest BCUT2D eigenvalue weighted by atomic mass is 9.99. The van der Waals surface area contributed by atoms with E-state index in [9.17, 15) is 9.59 Å². The Kier molecular flexibility index (Phi) is 3.91. The quantitative estimate of drug-likeness (QED) is 0.478. The summed E-state index contributed by atoms with van der Waals surface area (Å²) >= 11 is 3.39. The Morgan fingerprint density at radius 3 is 2.68 bits per heavy atom. The lowest BCUT2D eigenvalue weighted by Crippen LogP contribution is -2.29. The molecule has 1 aliphatic rings. The molecule has 138 valence electrons. The number of amides is 1. The topological polar surface area (TPSA) is 76.6 Å². The molecule has 0 N–H and O–H groups in total. The Hall–Kier alpha value is -3.19. The van der Waals surface area contributed by atoms with Crippen LogP contribution in [-0.4, -0.2) is 15.8 Å². The molecule has 0 radical (unpaired) electrons. The van der Waals surface area contributed by atoms with Crippen molar-refractivity contribution in [3.63, 3.8) is 0 Å². The van der Waals surface area contributed by atoms with Gasteiger partial charge in [0.1, 0.15) is 11.3 Å². The highest BCUT2D eigenvalue weighted by molar-refractivity contribution is 9.10. The van der Waals surface area contributed by atoms with Gasteiger partial charge in [0.25, 0.3) is 5.91 Å². The smallest absolute Gasteiger partial charge is 0.291 e. The van der Waals surface area contributed by atoms with Gasteiger partial charge in [-0.25, -0.2) is 0 Å². The number of hydrogen-bond donors (Lipinski definition) is 0. The fraction of sp³-hybridized carbons (Fsp3) is 0.0952. The highest BCUT2D eigenvalue weighted by atomic mass is 79.9. The predicted octanol–water partition coefficient (Wildman–Crippen LogP) is 4.29. The molecule has 7 heteroatoms. The maximum absolute atomic E-state index is 13.4. The molecule has 4 aromatic rings. The van der Waals surface area contributed by atoms with E-state index < -0.39 is 6.04 Å². The first kappa shape index (κ1) is 16.9. The minimum atomic E-state index is -0.574. The maximum atomic E-state index is 13.4. The fourth-order valence-corrected chi connectivity index (χ4v) is 3.98. The van der Waals surface area contributed by atoms with Gasteiger partial charge in [-0.3, -0.25) is 14.6 Å². The molecule has 1 amide bonds. The molecular formula is C21H13BrN2O4. The summed E-state index contributed by atoms with van der Waals surface area (Å²) in [5.74, 6) is 0.364. The number of furan rings is 1. The maximum Gasteiger partial charge on any atom is 0.291 e. The normalized spacial score (nSPS) is 16.0. The molecule has 28 heavy (non-hydrogen) atoms. The Labute approximate surface area is 167 Å². The number of carbonyl (C=O) groups excluding carboxylic acids is 1. The van der Waals surface area contributed by atoms with Crippen LogP contribution < -0.4 is 5.43 Å². The van der Waals surface area contributed by atoms with Crippen molar-refractivity contribution in [2.75, 3.05) is 0 Å². The van der Waals surface area contributed by atoms with Crippen LogP contribution in [0.4, 0.5) is 0 Å². The first-order valence-corrected chi connectivity index (χ1v) is 9.42. The van der Waals surface area contributed by atoms with E-state index in [0.717, 1.165) is 10.0 Å². The van der Waals surface area contributed by atoms with Gasteiger partial charge in [0.2, 0.25) is 5.76 Å². The average Bonchev–Trinajstić information content (AvgIpc) is 3.31. The summed E-state index contributed by atoms with van der Waals surface area (Å²) < 4.78 is 12.1. The van der Waals surface area contributed by atoms with E-state index in [4.69, 9.17) is 8.83 Å². The lowest BCUT2D eigenvalue weighted by Gasteiger charge is -2.24. The number of fused-ring (bicyclic) bond motifs is 2. The summed E-state index contributed by atoms with van der Waals surface area (Å²) in [6.45, 7) is 0.225. The minimum absolute atomic E-state index is 0.0770. The highest BCUT2D eigenvalue weighted by Crippen LogP contribution is 2.39. The van der Waals surface area contributed by atoms with E-state index >= 15 is 0 Å². The van der Waals surface area contributed by atoms with Crippen LogP contribution >= 0.6 is 15.9 Å². The summed E-state index contributed by atoms with van der Waals surface area (Å²) in [5, 5.41) is 0.430. The number of carbonyl (C=O) groups is 1. The third-order valence-electron chi connectivity index (χ3n) is 4.86. The molecule has 5 rings (SSSR count). The van der Waals surface area contributed by atoms with Gasteiger partial charge in [-0.2, -0.15) is 0 Å². The molecule has 0 fully saturated rings. The van der Waals surface area contributed by atoms with Crippen LogP contribution in [0.2, 0.25) is 0 Å². The molecule has 3 aromatic heterocycles. The molecule has 1 aliphatic heterocycles. The number of benzene rings is 1. The number of pyridine rings is 1. The summed E-state index contributed by atoms with van der Waals surface area (Å²) in [4.78, 5) is 32.2. The van der Waals surface area contributed by atoms with Crippen LogP contribution in [0.3, 0.4) is 0 Å². The van der Waals surface area contributed by atoms with Gasteiger partial charge in [-0.1, -0.05) is 15.9 Å². The van der Waals surface area contributed by atoms with E-state index in [1.165, 1.54) is 0 Å². The number of aromatic nitrogens is 1. The van der Waals surface area contributed by atoms with Crippen LogP contribution in [0.25, 0.3) is 11.0 Å². The van der Waals surface area contributed by atoms with Gasteiger partial charge in [0.05, 0.1) is 29.8 Å². The van der Waals surface area contributed by atoms with Crippen LogP contribution in [0.5, 0.6) is 0 Å². The Bertz CT molecular complexity index is 1250. The van der Waals surface area contributed by atoms with E-state index in [0.29, 0.717) is 22.3 Å². The van der Waals surface area contributed by atoms with Gasteiger partial charge in [-0.05, 0) is 48.0 Å². The standard InChI is InChI=1S/C21H13BrN2O4/c22-13-3-4-16-15(10-13)19(25)17-18(12-5-7-23-8-6-12)24(21(26)20(17)28-16)11-14-2-1-9-27-14/h1-10,18H,11H2/t18-/m0/s1. The van der Waals surface area contributed by atoms with Crippen molar-refractivity contribution in [2.45, 2.75) is 12.6 Å². The zero-order chi connectivity index (χ0) is 19.3. The average molecular weight is 437 g/mol. The van der Waals surface area contributed by atoms with E-state index in [2.05, 4.69) is 20.9 Å². The molecule has 0 saturated heterocycles. The Morgan fingerprint density at radius 1 is 1.11 bits per heavy atom. The van der Waals surface area contributed by atoms with Crippen molar-refractivity contribution < 1.29 is 13.6 Å². The summed E-state index contributed by atoms with van der Waals surface area (Å²) in [6, 6.07) is 11.8. The SMILES string of the molecule is O=C1c2oc3ccc(Br)cc3c(=O)c2[C@H](c2ccncc2)N1Cc1ccco1. The summed E-state index contributed by atoms with van der Waals surface area (Å²) in [7, 11) is 0. The summed E-state index contributed by atoms with van der Waals surface area (Å²) in [6.07, 6.45) is 4.84. The van der Waals surface area contributed by atoms with E-state index in [1.54, 1.807) is 66.0 Å². The largest absolute Gasteiger partial charge is 0.467 e. The van der Waals surface area contributed by atoms with Crippen molar-refractivity contribution in [1.82, 2.24) is 9.88 Å². The molecule has 1 aromatic carbocycles. The van der Waals surface area contributed by atoms with E-state index in [-0.39, 0.29) is 23.6 Å². The molecule has 0 aliphatic carbocycles. The zero-order valence-corrected chi connectivity index (χ0v) is 16.0. The zero-order valence-electron chi connectivity index (χ0n) is 14.5. The molecule has 0 unspecified atom stereocenters. The van der Waals surface area contributed by atoms with Gasteiger partial charge in [0, 0.05) is 16.9 Å². The first-order chi connectivity index (χ1) is 13.6. The number of rotatable bonds is 3. The second kappa shape index (κ2) is 6.45. The Balaban J connectivity index is 1.76. The van der Waals surface area contributed by atoms with Gasteiger partial charge >= 0.3 is 0 Å². The predicted molar refractivity (Wildman–Crippen MR) is 105 cm³/mol. The van der Waals surface area contributed by atoms with Gasteiger partial charge in [0.15, 0.2) is 5.43 Å². The number of hydrogen-bond acceptors (Lipinski definition) is 5. The molecule has 6 nitrogen and oxygen atoms in total. The van der Waals surface area contributed by atoms with Crippen LogP contribution in [-0.2, 0) is 6.54 Å². The molecule has 1 atom stereocenters. The highest BCUT2D eigenvalue weighted by Gasteiger charge is 2.43.